The number of nitrogens with one attached hydrogen (secondary N) is 1. The lowest BCUT2D eigenvalue weighted by atomic mass is 9.92. The summed E-state index contributed by atoms with van der Waals surface area (Å²) in [5.41, 5.74) is 5.22. The third-order valence-corrected chi connectivity index (χ3v) is 5.78. The lowest BCUT2D eigenvalue weighted by Gasteiger charge is -2.26. The number of benzene rings is 1. The van der Waals surface area contributed by atoms with Gasteiger partial charge in [0.05, 0.1) is 11.9 Å². The van der Waals surface area contributed by atoms with E-state index in [9.17, 15) is 5.11 Å². The summed E-state index contributed by atoms with van der Waals surface area (Å²) in [5, 5.41) is 23.0. The van der Waals surface area contributed by atoms with E-state index in [4.69, 9.17) is 4.52 Å². The molecular weight excluding hydrogens is 340 g/mol. The number of para-hydroxylation sites is 1. The maximum atomic E-state index is 10.8. The van der Waals surface area contributed by atoms with Crippen LogP contribution in [0.1, 0.15) is 66.2 Å². The van der Waals surface area contributed by atoms with Crippen molar-refractivity contribution < 1.29 is 9.63 Å². The fraction of sp³-hybridized carbons (Fsp3) is 0.429. The van der Waals surface area contributed by atoms with Gasteiger partial charge in [-0.15, -0.1) is 0 Å². The normalized spacial score (nSPS) is 20.1. The highest BCUT2D eigenvalue weighted by Crippen LogP contribution is 2.34. The molecular formula is C21H24N4O2. The Kier molecular flexibility index (Phi) is 4.30. The number of aliphatic hydroxyl groups is 1. The summed E-state index contributed by atoms with van der Waals surface area (Å²) < 4.78 is 7.48. The van der Waals surface area contributed by atoms with Gasteiger partial charge >= 0.3 is 0 Å². The van der Waals surface area contributed by atoms with E-state index < -0.39 is 6.23 Å². The largest absolute Gasteiger partial charge is 0.372 e. The third kappa shape index (κ3) is 2.99. The second kappa shape index (κ2) is 6.94. The molecule has 6 heteroatoms. The van der Waals surface area contributed by atoms with Gasteiger partial charge in [-0.2, -0.15) is 5.10 Å². The number of aryl methyl sites for hydroxylation is 1. The molecule has 0 saturated heterocycles. The summed E-state index contributed by atoms with van der Waals surface area (Å²) in [4.78, 5) is 0. The highest BCUT2D eigenvalue weighted by Gasteiger charge is 2.30. The number of aliphatic hydroxyl groups excluding tert-OH is 1. The minimum Gasteiger partial charge on any atom is -0.372 e. The van der Waals surface area contributed by atoms with Gasteiger partial charge in [0.15, 0.2) is 6.23 Å². The van der Waals surface area contributed by atoms with Crippen molar-refractivity contribution >= 4 is 0 Å². The van der Waals surface area contributed by atoms with E-state index >= 15 is 0 Å². The molecule has 1 aromatic carbocycles. The van der Waals surface area contributed by atoms with Gasteiger partial charge in [-0.3, -0.25) is 5.32 Å². The van der Waals surface area contributed by atoms with Crippen molar-refractivity contribution in [1.82, 2.24) is 20.3 Å². The van der Waals surface area contributed by atoms with Crippen LogP contribution in [0.15, 0.2) is 41.1 Å². The first-order valence-electron chi connectivity index (χ1n) is 9.85. The lowest BCUT2D eigenvalue weighted by Crippen LogP contribution is -2.30. The van der Waals surface area contributed by atoms with Crippen molar-refractivity contribution in [3.8, 4) is 5.69 Å². The van der Waals surface area contributed by atoms with Crippen molar-refractivity contribution in [3.63, 3.8) is 0 Å². The van der Waals surface area contributed by atoms with Gasteiger partial charge < -0.3 is 9.63 Å². The van der Waals surface area contributed by atoms with E-state index in [2.05, 4.69) is 27.7 Å². The SMILES string of the molecule is OC(NC1CCCc2c1cnn2-c1ccccc1)c1noc2c1CCCC2. The molecule has 2 aliphatic rings. The maximum Gasteiger partial charge on any atom is 0.152 e. The molecule has 140 valence electrons. The van der Waals surface area contributed by atoms with Crippen LogP contribution < -0.4 is 5.32 Å². The molecule has 0 bridgehead atoms. The third-order valence-electron chi connectivity index (χ3n) is 5.78. The van der Waals surface area contributed by atoms with Crippen molar-refractivity contribution in [3.05, 3.63) is 64.8 Å². The smallest absolute Gasteiger partial charge is 0.152 e. The average molecular weight is 364 g/mol. The van der Waals surface area contributed by atoms with E-state index in [-0.39, 0.29) is 6.04 Å². The Bertz CT molecular complexity index is 931. The zero-order valence-electron chi connectivity index (χ0n) is 15.3. The molecule has 0 amide bonds. The zero-order valence-corrected chi connectivity index (χ0v) is 15.3. The summed E-state index contributed by atoms with van der Waals surface area (Å²) in [5.74, 6) is 0.943. The van der Waals surface area contributed by atoms with Crippen molar-refractivity contribution in [2.45, 2.75) is 57.2 Å². The van der Waals surface area contributed by atoms with Crippen LogP contribution in [0.4, 0.5) is 0 Å². The van der Waals surface area contributed by atoms with Crippen LogP contribution in [-0.4, -0.2) is 20.0 Å². The number of fused-ring (bicyclic) bond motifs is 2. The predicted molar refractivity (Wildman–Crippen MR) is 100 cm³/mol. The van der Waals surface area contributed by atoms with E-state index in [1.807, 2.05) is 29.1 Å². The first-order valence-corrected chi connectivity index (χ1v) is 9.85. The van der Waals surface area contributed by atoms with Crippen LogP contribution in [0, 0.1) is 0 Å². The Labute approximate surface area is 158 Å². The van der Waals surface area contributed by atoms with E-state index in [0.717, 1.165) is 62.0 Å². The van der Waals surface area contributed by atoms with E-state index in [1.54, 1.807) is 0 Å². The maximum absolute atomic E-state index is 10.8. The number of hydrogen-bond acceptors (Lipinski definition) is 5. The van der Waals surface area contributed by atoms with E-state index in [1.165, 1.54) is 11.3 Å². The molecule has 0 saturated carbocycles. The second-order valence-corrected chi connectivity index (χ2v) is 7.48. The van der Waals surface area contributed by atoms with Crippen molar-refractivity contribution in [2.75, 3.05) is 0 Å². The molecule has 2 N–H and O–H groups in total. The topological polar surface area (TPSA) is 76.1 Å². The molecule has 0 radical (unpaired) electrons. The van der Waals surface area contributed by atoms with E-state index in [0.29, 0.717) is 5.69 Å². The lowest BCUT2D eigenvalue weighted by molar-refractivity contribution is 0.110. The van der Waals surface area contributed by atoms with Gasteiger partial charge in [-0.05, 0) is 50.7 Å². The molecule has 0 fully saturated rings. The molecule has 6 nitrogen and oxygen atoms in total. The Balaban J connectivity index is 1.40. The van der Waals surface area contributed by atoms with Crippen LogP contribution in [-0.2, 0) is 19.3 Å². The molecule has 5 rings (SSSR count). The fourth-order valence-corrected chi connectivity index (χ4v) is 4.41. The highest BCUT2D eigenvalue weighted by atomic mass is 16.5. The number of hydrogen-bond donors (Lipinski definition) is 2. The zero-order chi connectivity index (χ0) is 18.2. The second-order valence-electron chi connectivity index (χ2n) is 7.48. The van der Waals surface area contributed by atoms with Crippen molar-refractivity contribution in [1.29, 1.82) is 0 Å². The van der Waals surface area contributed by atoms with Gasteiger partial charge in [-0.25, -0.2) is 4.68 Å². The van der Waals surface area contributed by atoms with Crippen LogP contribution in [0.2, 0.25) is 0 Å². The monoisotopic (exact) mass is 364 g/mol. The Morgan fingerprint density at radius 1 is 1.11 bits per heavy atom. The first kappa shape index (κ1) is 16.7. The Morgan fingerprint density at radius 2 is 1.96 bits per heavy atom. The fourth-order valence-electron chi connectivity index (χ4n) is 4.41. The number of nitrogens with zero attached hydrogens (tertiary/aromatic N) is 3. The van der Waals surface area contributed by atoms with Gasteiger partial charge in [0.2, 0.25) is 0 Å². The minimum atomic E-state index is -0.813. The molecule has 2 atom stereocenters. The number of aromatic nitrogens is 3. The summed E-state index contributed by atoms with van der Waals surface area (Å²) in [6, 6.07) is 10.3. The highest BCUT2D eigenvalue weighted by molar-refractivity contribution is 5.37. The standard InChI is InChI=1S/C21H24N4O2/c26-21(20-15-9-4-5-12-19(15)27-24-20)23-17-10-6-11-18-16(17)13-22-25(18)14-7-2-1-3-8-14/h1-3,7-8,13,17,21,23,26H,4-6,9-12H2. The van der Waals surface area contributed by atoms with Gasteiger partial charge in [-0.1, -0.05) is 23.4 Å². The summed E-state index contributed by atoms with van der Waals surface area (Å²) in [6.07, 6.45) is 8.29. The predicted octanol–water partition coefficient (Wildman–Crippen LogP) is 3.40. The van der Waals surface area contributed by atoms with Gasteiger partial charge in [0.1, 0.15) is 11.5 Å². The Hall–Kier alpha value is -2.44. The van der Waals surface area contributed by atoms with Crippen LogP contribution >= 0.6 is 0 Å². The molecule has 2 heterocycles. The first-order chi connectivity index (χ1) is 13.3. The minimum absolute atomic E-state index is 0.0668. The molecule has 0 aliphatic heterocycles. The molecule has 0 spiro atoms. The summed E-state index contributed by atoms with van der Waals surface area (Å²) in [6.45, 7) is 0. The van der Waals surface area contributed by atoms with Gasteiger partial charge in [0.25, 0.3) is 0 Å². The quantitative estimate of drug-likeness (QED) is 0.694. The molecule has 2 aliphatic carbocycles. The number of rotatable bonds is 4. The van der Waals surface area contributed by atoms with Crippen molar-refractivity contribution in [2.24, 2.45) is 0 Å². The van der Waals surface area contributed by atoms with Crippen LogP contribution in [0.5, 0.6) is 0 Å². The summed E-state index contributed by atoms with van der Waals surface area (Å²) >= 11 is 0. The molecule has 2 aromatic heterocycles. The summed E-state index contributed by atoms with van der Waals surface area (Å²) in [7, 11) is 0. The molecule has 3 aromatic rings. The van der Waals surface area contributed by atoms with Gasteiger partial charge in [0, 0.05) is 29.3 Å². The average Bonchev–Trinajstić information content (AvgIpc) is 3.34. The van der Waals surface area contributed by atoms with Crippen LogP contribution in [0.25, 0.3) is 5.69 Å². The van der Waals surface area contributed by atoms with Crippen LogP contribution in [0.3, 0.4) is 0 Å². The Morgan fingerprint density at radius 3 is 2.85 bits per heavy atom. The molecule has 27 heavy (non-hydrogen) atoms. The molecule has 2 unspecified atom stereocenters.